The second-order valence-electron chi connectivity index (χ2n) is 5.96. The Morgan fingerprint density at radius 3 is 2.57 bits per heavy atom. The molecule has 1 aromatic heterocycles. The molecule has 0 fully saturated rings. The molecule has 0 saturated heterocycles. The van der Waals surface area contributed by atoms with Crippen LogP contribution in [0.1, 0.15) is 31.9 Å². The predicted octanol–water partition coefficient (Wildman–Crippen LogP) is 3.80. The molecule has 0 aliphatic heterocycles. The molecule has 21 heavy (non-hydrogen) atoms. The molecule has 1 N–H and O–H groups in total. The van der Waals surface area contributed by atoms with E-state index in [0.717, 1.165) is 5.56 Å². The third kappa shape index (κ3) is 4.31. The molecule has 0 aliphatic rings. The number of pyridine rings is 1. The zero-order valence-electron chi connectivity index (χ0n) is 12.5. The van der Waals surface area contributed by atoms with E-state index in [1.807, 2.05) is 12.1 Å². The van der Waals surface area contributed by atoms with Crippen LogP contribution in [0.4, 0.5) is 0 Å². The number of ether oxygens (including phenoxy) is 1. The van der Waals surface area contributed by atoms with Gasteiger partial charge >= 0.3 is 5.97 Å². The maximum absolute atomic E-state index is 10.7. The van der Waals surface area contributed by atoms with Gasteiger partial charge in [0.05, 0.1) is 6.42 Å². The molecular formula is C17H19NO3. The fourth-order valence-electron chi connectivity index (χ4n) is 1.90. The summed E-state index contributed by atoms with van der Waals surface area (Å²) in [7, 11) is 0. The monoisotopic (exact) mass is 285 g/mol. The maximum atomic E-state index is 10.7. The summed E-state index contributed by atoms with van der Waals surface area (Å²) in [5, 5.41) is 8.80. The van der Waals surface area contributed by atoms with Gasteiger partial charge in [-0.3, -0.25) is 4.79 Å². The normalized spacial score (nSPS) is 11.2. The van der Waals surface area contributed by atoms with Crippen molar-refractivity contribution in [2.24, 2.45) is 0 Å². The summed E-state index contributed by atoms with van der Waals surface area (Å²) in [6.45, 7) is 6.37. The van der Waals surface area contributed by atoms with Crippen molar-refractivity contribution in [3.8, 4) is 11.6 Å². The highest BCUT2D eigenvalue weighted by Crippen LogP contribution is 2.25. The standard InChI is InChI=1S/C17H19NO3/c1-17(2,3)13-7-8-15(18-11-13)21-14-6-4-5-12(9-14)10-16(19)20/h4-9,11H,10H2,1-3H3,(H,19,20). The second kappa shape index (κ2) is 5.95. The van der Waals surface area contributed by atoms with E-state index in [-0.39, 0.29) is 11.8 Å². The van der Waals surface area contributed by atoms with Crippen LogP contribution >= 0.6 is 0 Å². The Bertz CT molecular complexity index is 627. The van der Waals surface area contributed by atoms with Gasteiger partial charge in [0.2, 0.25) is 5.88 Å². The number of nitrogens with zero attached hydrogens (tertiary/aromatic N) is 1. The van der Waals surface area contributed by atoms with Crippen molar-refractivity contribution in [3.05, 3.63) is 53.7 Å². The topological polar surface area (TPSA) is 59.4 Å². The number of hydrogen-bond donors (Lipinski definition) is 1. The van der Waals surface area contributed by atoms with Gasteiger partial charge in [0.15, 0.2) is 0 Å². The lowest BCUT2D eigenvalue weighted by Crippen LogP contribution is -2.11. The second-order valence-corrected chi connectivity index (χ2v) is 5.96. The fraction of sp³-hybridized carbons (Fsp3) is 0.294. The Hall–Kier alpha value is -2.36. The van der Waals surface area contributed by atoms with Crippen molar-refractivity contribution < 1.29 is 14.6 Å². The zero-order chi connectivity index (χ0) is 15.5. The lowest BCUT2D eigenvalue weighted by Gasteiger charge is -2.18. The van der Waals surface area contributed by atoms with Crippen LogP contribution in [0.3, 0.4) is 0 Å². The fourth-order valence-corrected chi connectivity index (χ4v) is 1.90. The van der Waals surface area contributed by atoms with Gasteiger partial charge in [-0.1, -0.05) is 39.0 Å². The van der Waals surface area contributed by atoms with Crippen LogP contribution in [0.2, 0.25) is 0 Å². The van der Waals surface area contributed by atoms with Crippen molar-refractivity contribution in [2.45, 2.75) is 32.6 Å². The summed E-state index contributed by atoms with van der Waals surface area (Å²) in [6.07, 6.45) is 1.78. The van der Waals surface area contributed by atoms with Crippen molar-refractivity contribution in [1.82, 2.24) is 4.98 Å². The van der Waals surface area contributed by atoms with Gasteiger partial charge in [0, 0.05) is 12.3 Å². The SMILES string of the molecule is CC(C)(C)c1ccc(Oc2cccc(CC(=O)O)c2)nc1. The van der Waals surface area contributed by atoms with Gasteiger partial charge in [-0.2, -0.15) is 0 Å². The van der Waals surface area contributed by atoms with E-state index in [0.29, 0.717) is 17.2 Å². The minimum absolute atomic E-state index is 0.0202. The molecule has 0 saturated carbocycles. The largest absolute Gasteiger partial charge is 0.481 e. The number of rotatable bonds is 4. The summed E-state index contributed by atoms with van der Waals surface area (Å²) in [6, 6.07) is 10.8. The first-order valence-electron chi connectivity index (χ1n) is 6.80. The van der Waals surface area contributed by atoms with E-state index in [1.165, 1.54) is 0 Å². The number of carboxylic acids is 1. The van der Waals surface area contributed by atoms with Crippen LogP contribution in [-0.4, -0.2) is 16.1 Å². The van der Waals surface area contributed by atoms with Crippen molar-refractivity contribution in [2.75, 3.05) is 0 Å². The molecule has 1 heterocycles. The van der Waals surface area contributed by atoms with E-state index in [1.54, 1.807) is 30.5 Å². The van der Waals surface area contributed by atoms with Crippen molar-refractivity contribution >= 4 is 5.97 Å². The van der Waals surface area contributed by atoms with Gasteiger partial charge in [-0.15, -0.1) is 0 Å². The molecule has 0 aliphatic carbocycles. The number of aromatic nitrogens is 1. The van der Waals surface area contributed by atoms with Crippen LogP contribution in [0.5, 0.6) is 11.6 Å². The van der Waals surface area contributed by atoms with Crippen molar-refractivity contribution in [1.29, 1.82) is 0 Å². The van der Waals surface area contributed by atoms with E-state index in [2.05, 4.69) is 25.8 Å². The van der Waals surface area contributed by atoms with E-state index < -0.39 is 5.97 Å². The molecule has 0 atom stereocenters. The first-order chi connectivity index (χ1) is 9.84. The lowest BCUT2D eigenvalue weighted by molar-refractivity contribution is -0.136. The third-order valence-corrected chi connectivity index (χ3v) is 3.08. The number of hydrogen-bond acceptors (Lipinski definition) is 3. The van der Waals surface area contributed by atoms with Gasteiger partial charge in [0.1, 0.15) is 5.75 Å². The van der Waals surface area contributed by atoms with E-state index in [4.69, 9.17) is 9.84 Å². The summed E-state index contributed by atoms with van der Waals surface area (Å²) >= 11 is 0. The Labute approximate surface area is 124 Å². The molecule has 110 valence electrons. The summed E-state index contributed by atoms with van der Waals surface area (Å²) < 4.78 is 5.66. The summed E-state index contributed by atoms with van der Waals surface area (Å²) in [4.78, 5) is 15.0. The van der Waals surface area contributed by atoms with E-state index >= 15 is 0 Å². The molecule has 2 aromatic rings. The first kappa shape index (κ1) is 15.0. The molecule has 0 bridgehead atoms. The third-order valence-electron chi connectivity index (χ3n) is 3.08. The Balaban J connectivity index is 2.13. The Kier molecular flexibility index (Phi) is 4.26. The number of aliphatic carboxylic acids is 1. The molecule has 1 aromatic carbocycles. The van der Waals surface area contributed by atoms with Gasteiger partial charge in [0.25, 0.3) is 0 Å². The van der Waals surface area contributed by atoms with Crippen LogP contribution in [0.15, 0.2) is 42.6 Å². The first-order valence-corrected chi connectivity index (χ1v) is 6.80. The molecule has 0 amide bonds. The average Bonchev–Trinajstić information content (AvgIpc) is 2.38. The number of carbonyl (C=O) groups is 1. The molecule has 0 spiro atoms. The van der Waals surface area contributed by atoms with Crippen LogP contribution in [0.25, 0.3) is 0 Å². The molecule has 4 nitrogen and oxygen atoms in total. The quantitative estimate of drug-likeness (QED) is 0.928. The highest BCUT2D eigenvalue weighted by Gasteiger charge is 2.14. The summed E-state index contributed by atoms with van der Waals surface area (Å²) in [5.74, 6) is 0.222. The zero-order valence-corrected chi connectivity index (χ0v) is 12.5. The van der Waals surface area contributed by atoms with Gasteiger partial charge in [-0.25, -0.2) is 4.98 Å². The minimum Gasteiger partial charge on any atom is -0.481 e. The molecule has 0 unspecified atom stereocenters. The molecule has 4 heteroatoms. The highest BCUT2D eigenvalue weighted by molar-refractivity contribution is 5.70. The van der Waals surface area contributed by atoms with Crippen LogP contribution < -0.4 is 4.74 Å². The highest BCUT2D eigenvalue weighted by atomic mass is 16.5. The summed E-state index contributed by atoms with van der Waals surface area (Å²) in [5.41, 5.74) is 1.88. The average molecular weight is 285 g/mol. The maximum Gasteiger partial charge on any atom is 0.307 e. The van der Waals surface area contributed by atoms with Crippen molar-refractivity contribution in [3.63, 3.8) is 0 Å². The number of carboxylic acid groups (broad SMARTS) is 1. The predicted molar refractivity (Wildman–Crippen MR) is 80.8 cm³/mol. The smallest absolute Gasteiger partial charge is 0.307 e. The van der Waals surface area contributed by atoms with E-state index in [9.17, 15) is 4.79 Å². The minimum atomic E-state index is -0.861. The number of benzene rings is 1. The molecular weight excluding hydrogens is 266 g/mol. The Morgan fingerprint density at radius 1 is 1.24 bits per heavy atom. The molecule has 0 radical (unpaired) electrons. The van der Waals surface area contributed by atoms with Gasteiger partial charge < -0.3 is 9.84 Å². The van der Waals surface area contributed by atoms with Gasteiger partial charge in [-0.05, 0) is 28.7 Å². The Morgan fingerprint density at radius 2 is 2.00 bits per heavy atom. The molecule has 2 rings (SSSR count). The lowest BCUT2D eigenvalue weighted by atomic mass is 9.88. The van der Waals surface area contributed by atoms with Crippen LogP contribution in [0, 0.1) is 0 Å². The van der Waals surface area contributed by atoms with Crippen LogP contribution in [-0.2, 0) is 16.6 Å².